The highest BCUT2D eigenvalue weighted by atomic mass is 35.5. The largest absolute Gasteiger partial charge is 0.493 e. The summed E-state index contributed by atoms with van der Waals surface area (Å²) in [4.78, 5) is 4.40. The zero-order valence-electron chi connectivity index (χ0n) is 15.7. The van der Waals surface area contributed by atoms with Crippen molar-refractivity contribution >= 4 is 11.6 Å². The third-order valence-corrected chi connectivity index (χ3v) is 4.51. The molecular weight excluding hydrogens is 414 g/mol. The van der Waals surface area contributed by atoms with Crippen molar-refractivity contribution < 1.29 is 22.8 Å². The Balaban J connectivity index is 1.54. The SMILES string of the molecule is COc1cc(-c2noc(-c3ccc(Cl)cc3)n2)ccc1OCc1cc(F)cc(F)c1. The lowest BCUT2D eigenvalue weighted by Gasteiger charge is -2.11. The molecule has 0 saturated heterocycles. The number of hydrogen-bond donors (Lipinski definition) is 0. The van der Waals surface area contributed by atoms with Gasteiger partial charge in [-0.1, -0.05) is 16.8 Å². The fourth-order valence-electron chi connectivity index (χ4n) is 2.83. The second kappa shape index (κ2) is 8.51. The molecule has 1 aromatic heterocycles. The van der Waals surface area contributed by atoms with E-state index in [2.05, 4.69) is 10.1 Å². The Hall–Kier alpha value is -3.45. The van der Waals surface area contributed by atoms with E-state index in [1.807, 2.05) is 0 Å². The van der Waals surface area contributed by atoms with E-state index >= 15 is 0 Å². The number of rotatable bonds is 6. The molecule has 0 aliphatic carbocycles. The number of nitrogens with zero attached hydrogens (tertiary/aromatic N) is 2. The van der Waals surface area contributed by atoms with Crippen molar-refractivity contribution in [3.8, 4) is 34.3 Å². The summed E-state index contributed by atoms with van der Waals surface area (Å²) in [5.41, 5.74) is 1.76. The molecule has 0 atom stereocenters. The minimum Gasteiger partial charge on any atom is -0.493 e. The standard InChI is InChI=1S/C22H15ClF2N2O3/c1-28-20-10-15(21-26-22(30-27-21)14-2-5-16(23)6-3-14)4-7-19(20)29-12-13-8-17(24)11-18(25)9-13/h2-11H,12H2,1H3. The quantitative estimate of drug-likeness (QED) is 0.381. The Morgan fingerprint density at radius 3 is 2.30 bits per heavy atom. The van der Waals surface area contributed by atoms with Crippen LogP contribution in [0.5, 0.6) is 11.5 Å². The highest BCUT2D eigenvalue weighted by Crippen LogP contribution is 2.33. The van der Waals surface area contributed by atoms with Gasteiger partial charge in [-0.2, -0.15) is 4.98 Å². The maximum absolute atomic E-state index is 13.3. The third-order valence-electron chi connectivity index (χ3n) is 4.26. The van der Waals surface area contributed by atoms with Gasteiger partial charge in [-0.3, -0.25) is 0 Å². The van der Waals surface area contributed by atoms with Crippen LogP contribution >= 0.6 is 11.6 Å². The van der Waals surface area contributed by atoms with Crippen LogP contribution in [0, 0.1) is 11.6 Å². The molecule has 0 unspecified atom stereocenters. The molecule has 30 heavy (non-hydrogen) atoms. The van der Waals surface area contributed by atoms with Crippen molar-refractivity contribution in [2.45, 2.75) is 6.61 Å². The lowest BCUT2D eigenvalue weighted by atomic mass is 10.2. The summed E-state index contributed by atoms with van der Waals surface area (Å²) < 4.78 is 43.0. The molecule has 1 heterocycles. The molecule has 8 heteroatoms. The smallest absolute Gasteiger partial charge is 0.258 e. The number of methoxy groups -OCH3 is 1. The van der Waals surface area contributed by atoms with Gasteiger partial charge >= 0.3 is 0 Å². The molecule has 0 N–H and O–H groups in total. The molecule has 4 rings (SSSR count). The van der Waals surface area contributed by atoms with E-state index in [-0.39, 0.29) is 6.61 Å². The predicted molar refractivity (Wildman–Crippen MR) is 107 cm³/mol. The first-order valence-corrected chi connectivity index (χ1v) is 9.25. The third kappa shape index (κ3) is 4.41. The van der Waals surface area contributed by atoms with Crippen LogP contribution in [0.3, 0.4) is 0 Å². The second-order valence-corrected chi connectivity index (χ2v) is 6.80. The Bertz CT molecular complexity index is 1160. The highest BCUT2D eigenvalue weighted by molar-refractivity contribution is 6.30. The van der Waals surface area contributed by atoms with Crippen molar-refractivity contribution in [3.05, 3.63) is 82.9 Å². The molecule has 0 aliphatic heterocycles. The first kappa shape index (κ1) is 19.8. The molecule has 0 saturated carbocycles. The average molecular weight is 429 g/mol. The van der Waals surface area contributed by atoms with E-state index in [0.29, 0.717) is 39.4 Å². The number of aromatic nitrogens is 2. The molecule has 3 aromatic carbocycles. The summed E-state index contributed by atoms with van der Waals surface area (Å²) in [5, 5.41) is 4.62. The van der Waals surface area contributed by atoms with Gasteiger partial charge in [-0.15, -0.1) is 0 Å². The Morgan fingerprint density at radius 1 is 0.900 bits per heavy atom. The van der Waals surface area contributed by atoms with Gasteiger partial charge in [-0.25, -0.2) is 8.78 Å². The molecule has 0 bridgehead atoms. The summed E-state index contributed by atoms with van der Waals surface area (Å²) in [7, 11) is 1.49. The molecule has 5 nitrogen and oxygen atoms in total. The minimum atomic E-state index is -0.662. The van der Waals surface area contributed by atoms with Gasteiger partial charge in [0.2, 0.25) is 5.82 Å². The highest BCUT2D eigenvalue weighted by Gasteiger charge is 2.14. The van der Waals surface area contributed by atoms with Crippen LogP contribution in [0.4, 0.5) is 8.78 Å². The lowest BCUT2D eigenvalue weighted by Crippen LogP contribution is -1.99. The van der Waals surface area contributed by atoms with Gasteiger partial charge in [-0.05, 0) is 60.2 Å². The second-order valence-electron chi connectivity index (χ2n) is 6.36. The van der Waals surface area contributed by atoms with E-state index < -0.39 is 11.6 Å². The zero-order chi connectivity index (χ0) is 21.1. The maximum atomic E-state index is 13.3. The number of hydrogen-bond acceptors (Lipinski definition) is 5. The lowest BCUT2D eigenvalue weighted by molar-refractivity contribution is 0.283. The molecule has 0 amide bonds. The van der Waals surface area contributed by atoms with Gasteiger partial charge in [0, 0.05) is 22.2 Å². The molecule has 0 spiro atoms. The van der Waals surface area contributed by atoms with Crippen LogP contribution in [0.2, 0.25) is 5.02 Å². The van der Waals surface area contributed by atoms with Crippen molar-refractivity contribution in [2.24, 2.45) is 0 Å². The summed E-state index contributed by atoms with van der Waals surface area (Å²) in [6, 6.07) is 15.4. The van der Waals surface area contributed by atoms with E-state index in [9.17, 15) is 8.78 Å². The van der Waals surface area contributed by atoms with Gasteiger partial charge in [0.15, 0.2) is 11.5 Å². The van der Waals surface area contributed by atoms with Crippen molar-refractivity contribution in [3.63, 3.8) is 0 Å². The summed E-state index contributed by atoms with van der Waals surface area (Å²) in [5.74, 6) is 0.231. The van der Waals surface area contributed by atoms with Crippen LogP contribution in [-0.4, -0.2) is 17.3 Å². The van der Waals surface area contributed by atoms with Crippen LogP contribution < -0.4 is 9.47 Å². The van der Waals surface area contributed by atoms with Gasteiger partial charge < -0.3 is 14.0 Å². The normalized spacial score (nSPS) is 10.8. The fraction of sp³-hybridized carbons (Fsp3) is 0.0909. The van der Waals surface area contributed by atoms with Crippen molar-refractivity contribution in [2.75, 3.05) is 7.11 Å². The Labute approximate surface area is 175 Å². The predicted octanol–water partition coefficient (Wildman–Crippen LogP) is 5.92. The summed E-state index contributed by atoms with van der Waals surface area (Å²) in [6.45, 7) is -0.0205. The fourth-order valence-corrected chi connectivity index (χ4v) is 2.96. The summed E-state index contributed by atoms with van der Waals surface area (Å²) >= 11 is 5.90. The number of ether oxygens (including phenoxy) is 2. The number of benzene rings is 3. The van der Waals surface area contributed by atoms with Gasteiger partial charge in [0.25, 0.3) is 5.89 Å². The molecule has 0 fully saturated rings. The molecule has 0 radical (unpaired) electrons. The summed E-state index contributed by atoms with van der Waals surface area (Å²) in [6.07, 6.45) is 0. The Kier molecular flexibility index (Phi) is 5.63. The number of halogens is 3. The zero-order valence-corrected chi connectivity index (χ0v) is 16.5. The van der Waals surface area contributed by atoms with Crippen molar-refractivity contribution in [1.82, 2.24) is 10.1 Å². The topological polar surface area (TPSA) is 57.4 Å². The molecule has 0 aliphatic rings. The molecular formula is C22H15ClF2N2O3. The van der Waals surface area contributed by atoms with E-state index in [1.165, 1.54) is 19.2 Å². The maximum Gasteiger partial charge on any atom is 0.258 e. The van der Waals surface area contributed by atoms with Crippen LogP contribution in [0.15, 0.2) is 65.2 Å². The van der Waals surface area contributed by atoms with Crippen LogP contribution in [0.25, 0.3) is 22.8 Å². The molecule has 4 aromatic rings. The Morgan fingerprint density at radius 2 is 1.60 bits per heavy atom. The van der Waals surface area contributed by atoms with Crippen molar-refractivity contribution in [1.29, 1.82) is 0 Å². The van der Waals surface area contributed by atoms with E-state index in [4.69, 9.17) is 25.6 Å². The van der Waals surface area contributed by atoms with Crippen LogP contribution in [0.1, 0.15) is 5.56 Å². The monoisotopic (exact) mass is 428 g/mol. The first-order chi connectivity index (χ1) is 14.5. The van der Waals surface area contributed by atoms with Gasteiger partial charge in [0.1, 0.15) is 18.2 Å². The molecule has 152 valence electrons. The van der Waals surface area contributed by atoms with Crippen LogP contribution in [-0.2, 0) is 6.61 Å². The van der Waals surface area contributed by atoms with Gasteiger partial charge in [0.05, 0.1) is 7.11 Å². The van der Waals surface area contributed by atoms with E-state index in [1.54, 1.807) is 42.5 Å². The average Bonchev–Trinajstić information content (AvgIpc) is 3.22. The first-order valence-electron chi connectivity index (χ1n) is 8.87. The minimum absolute atomic E-state index is 0.0205. The van der Waals surface area contributed by atoms with E-state index in [0.717, 1.165) is 11.6 Å².